The molecule has 1 atom stereocenters. The number of ether oxygens (including phenoxy) is 2. The first-order chi connectivity index (χ1) is 8.21. The first kappa shape index (κ1) is 12.0. The third kappa shape index (κ3) is 2.02. The lowest BCUT2D eigenvalue weighted by atomic mass is 9.81. The molecule has 17 heavy (non-hydrogen) atoms. The first-order valence-corrected chi connectivity index (χ1v) is 5.98. The molecule has 3 nitrogen and oxygen atoms in total. The van der Waals surface area contributed by atoms with Crippen molar-refractivity contribution in [2.24, 2.45) is 5.92 Å². The molecular weight excluding hydrogens is 216 g/mol. The third-order valence-corrected chi connectivity index (χ3v) is 3.49. The lowest BCUT2D eigenvalue weighted by molar-refractivity contribution is 0.0943. The molecule has 0 saturated heterocycles. The maximum absolute atomic E-state index is 12.2. The van der Waals surface area contributed by atoms with E-state index in [1.165, 1.54) is 0 Å². The molecule has 2 rings (SSSR count). The van der Waals surface area contributed by atoms with Gasteiger partial charge in [-0.2, -0.15) is 0 Å². The van der Waals surface area contributed by atoms with Crippen LogP contribution in [0.2, 0.25) is 0 Å². The van der Waals surface area contributed by atoms with Crippen LogP contribution in [0.4, 0.5) is 0 Å². The summed E-state index contributed by atoms with van der Waals surface area (Å²) in [5.41, 5.74) is 1.73. The van der Waals surface area contributed by atoms with Gasteiger partial charge in [0, 0.05) is 12.0 Å². The van der Waals surface area contributed by atoms with Crippen molar-refractivity contribution < 1.29 is 14.3 Å². The minimum Gasteiger partial charge on any atom is -0.496 e. The van der Waals surface area contributed by atoms with Crippen LogP contribution in [0.25, 0.3) is 0 Å². The number of carbonyl (C=O) groups excluding carboxylic acids is 1. The van der Waals surface area contributed by atoms with Gasteiger partial charge in [0.15, 0.2) is 5.78 Å². The van der Waals surface area contributed by atoms with E-state index >= 15 is 0 Å². The number of hydrogen-bond donors (Lipinski definition) is 0. The van der Waals surface area contributed by atoms with Crippen LogP contribution in [0.3, 0.4) is 0 Å². The van der Waals surface area contributed by atoms with E-state index in [-0.39, 0.29) is 5.78 Å². The summed E-state index contributed by atoms with van der Waals surface area (Å²) in [5, 5.41) is 0. The van der Waals surface area contributed by atoms with Crippen molar-refractivity contribution in [3.8, 4) is 11.5 Å². The van der Waals surface area contributed by atoms with E-state index < -0.39 is 0 Å². The van der Waals surface area contributed by atoms with Crippen LogP contribution in [0.15, 0.2) is 12.1 Å². The van der Waals surface area contributed by atoms with Crippen LogP contribution in [-0.4, -0.2) is 20.0 Å². The number of Topliss-reactive ketones (excluding diaryl/α,β-unsaturated/α-hetero) is 1. The molecular formula is C14H18O3. The van der Waals surface area contributed by atoms with Crippen molar-refractivity contribution in [1.29, 1.82) is 0 Å². The predicted molar refractivity (Wildman–Crippen MR) is 66.0 cm³/mol. The first-order valence-electron chi connectivity index (χ1n) is 5.98. The van der Waals surface area contributed by atoms with Gasteiger partial charge < -0.3 is 9.47 Å². The second-order valence-electron chi connectivity index (χ2n) is 4.43. The van der Waals surface area contributed by atoms with Crippen molar-refractivity contribution in [3.05, 3.63) is 23.3 Å². The van der Waals surface area contributed by atoms with Gasteiger partial charge in [-0.25, -0.2) is 0 Å². The normalized spacial score (nSPS) is 18.8. The van der Waals surface area contributed by atoms with Crippen LogP contribution < -0.4 is 9.47 Å². The van der Waals surface area contributed by atoms with Gasteiger partial charge in [0.1, 0.15) is 11.5 Å². The maximum atomic E-state index is 12.2. The molecule has 0 heterocycles. The topological polar surface area (TPSA) is 35.5 Å². The zero-order chi connectivity index (χ0) is 12.4. The summed E-state index contributed by atoms with van der Waals surface area (Å²) in [4.78, 5) is 12.2. The standard InChI is InChI=1S/C14H18O3/c1-4-9-7-10-12(16-2)5-6-13(17-3)14(10)11(15)8-9/h5-6,9H,4,7-8H2,1-3H3. The highest BCUT2D eigenvalue weighted by molar-refractivity contribution is 6.02. The summed E-state index contributed by atoms with van der Waals surface area (Å²) >= 11 is 0. The van der Waals surface area contributed by atoms with Crippen LogP contribution in [-0.2, 0) is 6.42 Å². The Kier molecular flexibility index (Phi) is 3.36. The van der Waals surface area contributed by atoms with E-state index in [0.717, 1.165) is 29.7 Å². The molecule has 0 bridgehead atoms. The summed E-state index contributed by atoms with van der Waals surface area (Å²) in [6, 6.07) is 3.69. The van der Waals surface area contributed by atoms with Crippen molar-refractivity contribution in [2.45, 2.75) is 26.2 Å². The van der Waals surface area contributed by atoms with Crippen molar-refractivity contribution in [3.63, 3.8) is 0 Å². The summed E-state index contributed by atoms with van der Waals surface area (Å²) < 4.78 is 10.6. The van der Waals surface area contributed by atoms with Gasteiger partial charge in [-0.05, 0) is 24.5 Å². The molecule has 0 fully saturated rings. The van der Waals surface area contributed by atoms with Gasteiger partial charge in [-0.15, -0.1) is 0 Å². The second kappa shape index (κ2) is 4.78. The SMILES string of the molecule is CCC1CC(=O)c2c(OC)ccc(OC)c2C1. The van der Waals surface area contributed by atoms with Crippen LogP contribution >= 0.6 is 0 Å². The molecule has 0 amide bonds. The van der Waals surface area contributed by atoms with E-state index in [9.17, 15) is 4.79 Å². The average Bonchev–Trinajstić information content (AvgIpc) is 2.37. The van der Waals surface area contributed by atoms with E-state index in [2.05, 4.69) is 6.92 Å². The minimum atomic E-state index is 0.175. The molecule has 0 aromatic heterocycles. The Bertz CT molecular complexity index is 437. The maximum Gasteiger partial charge on any atom is 0.167 e. The molecule has 0 radical (unpaired) electrons. The molecule has 92 valence electrons. The monoisotopic (exact) mass is 234 g/mol. The van der Waals surface area contributed by atoms with Crippen LogP contribution in [0.1, 0.15) is 35.7 Å². The van der Waals surface area contributed by atoms with Crippen molar-refractivity contribution in [2.75, 3.05) is 14.2 Å². The Morgan fingerprint density at radius 1 is 1.18 bits per heavy atom. The highest BCUT2D eigenvalue weighted by Crippen LogP contribution is 2.38. The Morgan fingerprint density at radius 2 is 1.82 bits per heavy atom. The molecule has 1 aliphatic rings. The third-order valence-electron chi connectivity index (χ3n) is 3.49. The Morgan fingerprint density at radius 3 is 2.41 bits per heavy atom. The molecule has 1 aromatic rings. The highest BCUT2D eigenvalue weighted by atomic mass is 16.5. The van der Waals surface area contributed by atoms with E-state index in [4.69, 9.17) is 9.47 Å². The molecule has 3 heteroatoms. The molecule has 0 saturated carbocycles. The summed E-state index contributed by atoms with van der Waals surface area (Å²) in [6.45, 7) is 2.12. The highest BCUT2D eigenvalue weighted by Gasteiger charge is 2.29. The lowest BCUT2D eigenvalue weighted by Crippen LogP contribution is -2.21. The van der Waals surface area contributed by atoms with E-state index in [0.29, 0.717) is 18.1 Å². The van der Waals surface area contributed by atoms with E-state index in [1.54, 1.807) is 14.2 Å². The van der Waals surface area contributed by atoms with E-state index in [1.807, 2.05) is 12.1 Å². The number of ketones is 1. The van der Waals surface area contributed by atoms with Gasteiger partial charge in [0.2, 0.25) is 0 Å². The fourth-order valence-corrected chi connectivity index (χ4v) is 2.49. The summed E-state index contributed by atoms with van der Waals surface area (Å²) in [7, 11) is 3.24. The number of rotatable bonds is 3. The van der Waals surface area contributed by atoms with Crippen molar-refractivity contribution in [1.82, 2.24) is 0 Å². The molecule has 1 unspecified atom stereocenters. The van der Waals surface area contributed by atoms with Gasteiger partial charge in [0.25, 0.3) is 0 Å². The zero-order valence-corrected chi connectivity index (χ0v) is 10.6. The number of methoxy groups -OCH3 is 2. The van der Waals surface area contributed by atoms with Gasteiger partial charge in [-0.3, -0.25) is 4.79 Å². The van der Waals surface area contributed by atoms with Gasteiger partial charge >= 0.3 is 0 Å². The number of benzene rings is 1. The smallest absolute Gasteiger partial charge is 0.167 e. The number of hydrogen-bond acceptors (Lipinski definition) is 3. The number of fused-ring (bicyclic) bond motifs is 1. The van der Waals surface area contributed by atoms with Gasteiger partial charge in [0.05, 0.1) is 19.8 Å². The second-order valence-corrected chi connectivity index (χ2v) is 4.43. The molecule has 0 aliphatic heterocycles. The molecule has 0 spiro atoms. The fraction of sp³-hybridized carbons (Fsp3) is 0.500. The molecule has 1 aliphatic carbocycles. The van der Waals surface area contributed by atoms with Crippen molar-refractivity contribution >= 4 is 5.78 Å². The summed E-state index contributed by atoms with van der Waals surface area (Å²) in [6.07, 6.45) is 2.54. The predicted octanol–water partition coefficient (Wildman–Crippen LogP) is 2.86. The molecule has 0 N–H and O–H groups in total. The average molecular weight is 234 g/mol. The van der Waals surface area contributed by atoms with Crippen LogP contribution in [0.5, 0.6) is 11.5 Å². The number of carbonyl (C=O) groups is 1. The lowest BCUT2D eigenvalue weighted by Gasteiger charge is -2.25. The minimum absolute atomic E-state index is 0.175. The Labute approximate surface area is 102 Å². The largest absolute Gasteiger partial charge is 0.496 e. The summed E-state index contributed by atoms with van der Waals surface area (Å²) in [5.74, 6) is 2.07. The van der Waals surface area contributed by atoms with Gasteiger partial charge in [-0.1, -0.05) is 13.3 Å². The fourth-order valence-electron chi connectivity index (χ4n) is 2.49. The Balaban J connectivity index is 2.55. The van der Waals surface area contributed by atoms with Crippen LogP contribution in [0, 0.1) is 5.92 Å². The zero-order valence-electron chi connectivity index (χ0n) is 10.6. The quantitative estimate of drug-likeness (QED) is 0.806. The Hall–Kier alpha value is -1.51. The molecule has 1 aromatic carbocycles.